The van der Waals surface area contributed by atoms with Crippen LogP contribution in [-0.2, 0) is 6.42 Å². The van der Waals surface area contributed by atoms with Crippen molar-refractivity contribution in [2.24, 2.45) is 0 Å². The highest BCUT2D eigenvalue weighted by Gasteiger charge is 2.42. The molecule has 6 aromatic rings. The summed E-state index contributed by atoms with van der Waals surface area (Å²) in [6.45, 7) is 6.86. The lowest BCUT2D eigenvalue weighted by Crippen LogP contribution is -2.49. The van der Waals surface area contributed by atoms with Gasteiger partial charge in [0.25, 0.3) is 0 Å². The number of rotatable bonds is 0. The van der Waals surface area contributed by atoms with Crippen molar-refractivity contribution in [2.45, 2.75) is 38.1 Å². The number of hydrogen-bond acceptors (Lipinski definition) is 1. The van der Waals surface area contributed by atoms with E-state index in [-0.39, 0.29) is 0 Å². The van der Waals surface area contributed by atoms with Crippen molar-refractivity contribution in [2.75, 3.05) is 0 Å². The first kappa shape index (κ1) is 22.5. The predicted octanol–water partition coefficient (Wildman–Crippen LogP) is 7.95. The molecule has 0 saturated carbocycles. The fourth-order valence-electron chi connectivity index (χ4n) is 7.06. The van der Waals surface area contributed by atoms with E-state index < -0.39 is 0 Å². The van der Waals surface area contributed by atoms with Crippen LogP contribution in [0.1, 0.15) is 41.5 Å². The van der Waals surface area contributed by atoms with Crippen molar-refractivity contribution in [1.29, 1.82) is 0 Å². The van der Waals surface area contributed by atoms with E-state index in [2.05, 4.69) is 119 Å². The molecule has 8 rings (SSSR count). The maximum Gasteiger partial charge on any atom is 0.222 e. The van der Waals surface area contributed by atoms with Gasteiger partial charge in [-0.25, -0.2) is 0 Å². The highest BCUT2D eigenvalue weighted by atomic mass is 16.3. The summed E-state index contributed by atoms with van der Waals surface area (Å²) in [6.07, 6.45) is 7.35. The lowest BCUT2D eigenvalue weighted by molar-refractivity contribution is -0.720. The van der Waals surface area contributed by atoms with Crippen molar-refractivity contribution in [3.05, 3.63) is 127 Å². The van der Waals surface area contributed by atoms with Gasteiger partial charge in [-0.1, -0.05) is 48.5 Å². The molecule has 3 heteroatoms. The summed E-state index contributed by atoms with van der Waals surface area (Å²) in [4.78, 5) is 0. The van der Waals surface area contributed by atoms with Crippen LogP contribution >= 0.6 is 0 Å². The second-order valence-electron chi connectivity index (χ2n) is 11.1. The molecule has 0 bridgehead atoms. The third-order valence-corrected chi connectivity index (χ3v) is 8.86. The summed E-state index contributed by atoms with van der Waals surface area (Å²) < 4.78 is 11.4. The molecule has 39 heavy (non-hydrogen) atoms. The van der Waals surface area contributed by atoms with Gasteiger partial charge < -0.3 is 4.42 Å². The zero-order valence-electron chi connectivity index (χ0n) is 22.1. The summed E-state index contributed by atoms with van der Waals surface area (Å²) in [6, 6.07) is 33.3. The quantitative estimate of drug-likeness (QED) is 0.192. The molecule has 5 heterocycles. The topological polar surface area (TPSA) is 20.9 Å². The van der Waals surface area contributed by atoms with Crippen molar-refractivity contribution >= 4 is 27.6 Å². The Hall–Kier alpha value is -4.50. The van der Waals surface area contributed by atoms with Gasteiger partial charge in [-0.2, -0.15) is 9.13 Å². The SMILES string of the molecule is C=C1CC2C(CCc3ccc4c(oc5ccccc54)c3-c3cc(C)cc[n+]31)c1ccccc1-c1cccc[n+]12. The minimum atomic E-state index is 0.293. The van der Waals surface area contributed by atoms with Crippen molar-refractivity contribution in [1.82, 2.24) is 0 Å². The van der Waals surface area contributed by atoms with Crippen LogP contribution in [-0.4, -0.2) is 0 Å². The summed E-state index contributed by atoms with van der Waals surface area (Å²) in [5.41, 5.74) is 12.0. The summed E-state index contributed by atoms with van der Waals surface area (Å²) in [5.74, 6) is 0.379. The Morgan fingerprint density at radius 1 is 0.821 bits per heavy atom. The fourth-order valence-corrected chi connectivity index (χ4v) is 7.06. The fraction of sp³-hybridized carbons (Fsp3) is 0.167. The summed E-state index contributed by atoms with van der Waals surface area (Å²) in [7, 11) is 0. The zero-order valence-corrected chi connectivity index (χ0v) is 22.1. The van der Waals surface area contributed by atoms with Crippen LogP contribution < -0.4 is 9.13 Å². The van der Waals surface area contributed by atoms with E-state index in [1.807, 2.05) is 0 Å². The first-order valence-corrected chi connectivity index (χ1v) is 13.9. The number of benzene rings is 3. The molecule has 188 valence electrons. The van der Waals surface area contributed by atoms with Gasteiger partial charge in [0.05, 0.1) is 12.0 Å². The largest absolute Gasteiger partial charge is 0.455 e. The van der Waals surface area contributed by atoms with Gasteiger partial charge in [0.2, 0.25) is 11.4 Å². The Morgan fingerprint density at radius 3 is 2.62 bits per heavy atom. The molecule has 0 fully saturated rings. The number of hydrogen-bond donors (Lipinski definition) is 0. The number of para-hydroxylation sites is 1. The van der Waals surface area contributed by atoms with E-state index in [0.29, 0.717) is 12.0 Å². The molecular formula is C36H30N2O+2. The summed E-state index contributed by atoms with van der Waals surface area (Å²) >= 11 is 0. The zero-order chi connectivity index (χ0) is 26.1. The molecule has 0 spiro atoms. The normalized spacial score (nSPS) is 18.1. The van der Waals surface area contributed by atoms with Crippen LogP contribution in [0.25, 0.3) is 50.2 Å². The molecule has 0 amide bonds. The number of fused-ring (bicyclic) bond motifs is 13. The molecule has 3 aromatic heterocycles. The molecule has 2 aliphatic rings. The van der Waals surface area contributed by atoms with Crippen LogP contribution in [0.5, 0.6) is 0 Å². The van der Waals surface area contributed by atoms with Crippen molar-refractivity contribution < 1.29 is 13.6 Å². The Bertz CT molecular complexity index is 1950. The lowest BCUT2D eigenvalue weighted by Gasteiger charge is -2.31. The maximum atomic E-state index is 6.61. The molecule has 3 nitrogen and oxygen atoms in total. The third-order valence-electron chi connectivity index (χ3n) is 8.86. The number of allylic oxidation sites excluding steroid dienone is 1. The van der Waals surface area contributed by atoms with E-state index in [0.717, 1.165) is 41.8 Å². The number of aryl methyl sites for hydroxylation is 2. The van der Waals surface area contributed by atoms with Crippen molar-refractivity contribution in [3.8, 4) is 22.5 Å². The summed E-state index contributed by atoms with van der Waals surface area (Å²) in [5, 5.41) is 2.34. The second kappa shape index (κ2) is 8.51. The highest BCUT2D eigenvalue weighted by molar-refractivity contribution is 6.09. The number of furan rings is 1. The lowest BCUT2D eigenvalue weighted by atomic mass is 9.77. The molecule has 2 aliphatic heterocycles. The average Bonchev–Trinajstić information content (AvgIpc) is 3.35. The molecule has 0 aliphatic carbocycles. The molecule has 0 saturated heterocycles. The molecular weight excluding hydrogens is 476 g/mol. The van der Waals surface area contributed by atoms with Gasteiger partial charge in [0.1, 0.15) is 11.2 Å². The van der Waals surface area contributed by atoms with E-state index in [1.54, 1.807) is 0 Å². The minimum absolute atomic E-state index is 0.293. The van der Waals surface area contributed by atoms with Gasteiger partial charge in [0.15, 0.2) is 24.1 Å². The van der Waals surface area contributed by atoms with Crippen LogP contribution in [0.15, 0.2) is 114 Å². The van der Waals surface area contributed by atoms with Gasteiger partial charge in [-0.05, 0) is 61.2 Å². The second-order valence-corrected chi connectivity index (χ2v) is 11.1. The van der Waals surface area contributed by atoms with E-state index in [9.17, 15) is 0 Å². The Kier molecular flexibility index (Phi) is 4.90. The van der Waals surface area contributed by atoms with Crippen LogP contribution in [0.4, 0.5) is 0 Å². The van der Waals surface area contributed by atoms with Gasteiger partial charge in [-0.15, -0.1) is 0 Å². The molecule has 0 radical (unpaired) electrons. The first-order valence-electron chi connectivity index (χ1n) is 13.9. The molecule has 0 N–H and O–H groups in total. The average molecular weight is 507 g/mol. The van der Waals surface area contributed by atoms with Gasteiger partial charge >= 0.3 is 0 Å². The number of pyridine rings is 2. The van der Waals surface area contributed by atoms with E-state index in [1.165, 1.54) is 44.3 Å². The maximum absolute atomic E-state index is 6.61. The van der Waals surface area contributed by atoms with Crippen LogP contribution in [0.2, 0.25) is 0 Å². The highest BCUT2D eigenvalue weighted by Crippen LogP contribution is 2.45. The molecule has 2 unspecified atom stereocenters. The Labute approximate surface area is 228 Å². The Balaban J connectivity index is 1.39. The third kappa shape index (κ3) is 3.36. The van der Waals surface area contributed by atoms with Crippen LogP contribution in [0.3, 0.4) is 0 Å². The van der Waals surface area contributed by atoms with Crippen molar-refractivity contribution in [3.63, 3.8) is 0 Å². The standard InChI is InChI=1S/C36H30N2O/c1-23-18-20-37-24(2)22-32-28(26-9-3-4-10-27(26)31-12-7-8-19-38(31)32)16-14-25-15-17-30-29-11-5-6-13-34(29)39-36(30)35(25)33(37)21-23/h3-13,15,17-21,28,32H,2,14,16,22H2,1H3/q+2. The molecule has 3 aromatic carbocycles. The van der Waals surface area contributed by atoms with Crippen LogP contribution in [0, 0.1) is 6.92 Å². The van der Waals surface area contributed by atoms with Gasteiger partial charge in [0, 0.05) is 46.5 Å². The monoisotopic (exact) mass is 506 g/mol. The predicted molar refractivity (Wildman–Crippen MR) is 156 cm³/mol. The van der Waals surface area contributed by atoms with E-state index in [4.69, 9.17) is 11.0 Å². The Morgan fingerprint density at radius 2 is 1.67 bits per heavy atom. The minimum Gasteiger partial charge on any atom is -0.455 e. The first-order chi connectivity index (χ1) is 19.2. The van der Waals surface area contributed by atoms with Gasteiger partial charge in [-0.3, -0.25) is 0 Å². The number of aromatic nitrogens is 2. The number of nitrogens with zero attached hydrogens (tertiary/aromatic N) is 2. The smallest absolute Gasteiger partial charge is 0.222 e. The molecule has 2 atom stereocenters. The van der Waals surface area contributed by atoms with E-state index >= 15 is 0 Å².